The fourth-order valence-corrected chi connectivity index (χ4v) is 6.55. The fourth-order valence-electron chi connectivity index (χ4n) is 3.90. The number of nitriles is 1. The Kier molecular flexibility index (Phi) is 11.3. The van der Waals surface area contributed by atoms with Crippen LogP contribution in [0.1, 0.15) is 47.3 Å². The first-order valence-electron chi connectivity index (χ1n) is 13.5. The van der Waals surface area contributed by atoms with E-state index in [4.69, 9.17) is 23.5 Å². The molecule has 240 valence electrons. The molecule has 17 nitrogen and oxygen atoms in total. The average molecular weight is 664 g/mol. The maximum absolute atomic E-state index is 12.8. The summed E-state index contributed by atoms with van der Waals surface area (Å²) in [5, 5.41) is 13.2. The van der Waals surface area contributed by atoms with Gasteiger partial charge in [-0.2, -0.15) is 10.2 Å². The number of carbonyl (C=O) groups is 1. The van der Waals surface area contributed by atoms with Crippen molar-refractivity contribution in [2.75, 3.05) is 18.5 Å². The molecule has 0 aliphatic carbocycles. The number of nitrogens with one attached hydrogen (secondary N) is 3. The molecule has 2 aromatic rings. The van der Waals surface area contributed by atoms with Crippen LogP contribution in [0.3, 0.4) is 0 Å². The van der Waals surface area contributed by atoms with E-state index in [-0.39, 0.29) is 41.1 Å². The minimum atomic E-state index is -4.89. The van der Waals surface area contributed by atoms with E-state index < -0.39 is 66.9 Å². The van der Waals surface area contributed by atoms with Gasteiger partial charge in [-0.15, -0.1) is 0 Å². The van der Waals surface area contributed by atoms with Crippen LogP contribution in [0.5, 0.6) is 0 Å². The predicted octanol–water partition coefficient (Wildman–Crippen LogP) is 2.39. The van der Waals surface area contributed by atoms with E-state index in [1.807, 2.05) is 39.9 Å². The summed E-state index contributed by atoms with van der Waals surface area (Å²) in [5.74, 6) is -0.918. The molecule has 2 aromatic heterocycles. The van der Waals surface area contributed by atoms with Crippen molar-refractivity contribution >= 4 is 47.3 Å². The van der Waals surface area contributed by atoms with E-state index in [1.54, 1.807) is 13.8 Å². The first kappa shape index (κ1) is 35.2. The van der Waals surface area contributed by atoms with Gasteiger partial charge in [0.15, 0.2) is 25.7 Å². The van der Waals surface area contributed by atoms with Crippen LogP contribution < -0.4 is 16.0 Å². The predicted molar refractivity (Wildman–Crippen MR) is 158 cm³/mol. The van der Waals surface area contributed by atoms with Crippen molar-refractivity contribution < 1.29 is 41.9 Å². The average Bonchev–Trinajstić information content (AvgIpc) is 3.42. The third-order valence-corrected chi connectivity index (χ3v) is 13.1. The number of H-pyrrole nitrogens is 1. The zero-order valence-electron chi connectivity index (χ0n) is 25.0. The van der Waals surface area contributed by atoms with Crippen LogP contribution in [-0.2, 0) is 32.1 Å². The van der Waals surface area contributed by atoms with E-state index >= 15 is 0 Å². The Morgan fingerprint density at radius 3 is 2.60 bits per heavy atom. The van der Waals surface area contributed by atoms with E-state index in [1.165, 1.54) is 10.9 Å². The fraction of sp³-hybridized carbons (Fsp3) is 0.696. The molecular formula is C23H39N7O10P2Si. The molecule has 0 bridgehead atoms. The Morgan fingerprint density at radius 2 is 2.02 bits per heavy atom. The van der Waals surface area contributed by atoms with Crippen molar-refractivity contribution in [2.45, 2.75) is 83.6 Å². The first-order chi connectivity index (χ1) is 19.8. The van der Waals surface area contributed by atoms with Gasteiger partial charge in [0.25, 0.3) is 5.56 Å². The van der Waals surface area contributed by atoms with Gasteiger partial charge in [-0.3, -0.25) is 29.0 Å². The zero-order valence-corrected chi connectivity index (χ0v) is 27.9. The second-order valence-corrected chi connectivity index (χ2v) is 19.0. The number of anilines is 1. The van der Waals surface area contributed by atoms with Gasteiger partial charge >= 0.3 is 16.0 Å². The maximum atomic E-state index is 12.8. The molecule has 5 N–H and O–H groups in total. The molecule has 0 radical (unpaired) electrons. The van der Waals surface area contributed by atoms with Crippen molar-refractivity contribution in [1.29, 1.82) is 5.26 Å². The monoisotopic (exact) mass is 663 g/mol. The Balaban J connectivity index is 2.09. The summed E-state index contributed by atoms with van der Waals surface area (Å²) < 4.78 is 49.1. The summed E-state index contributed by atoms with van der Waals surface area (Å²) in [6, 6.07) is 0.652. The van der Waals surface area contributed by atoms with Gasteiger partial charge in [0, 0.05) is 5.92 Å². The maximum Gasteiger partial charge on any atom is 0.400 e. The Labute approximate surface area is 250 Å². The highest BCUT2D eigenvalue weighted by molar-refractivity contribution is 7.49. The molecule has 20 heteroatoms. The van der Waals surface area contributed by atoms with Gasteiger partial charge in [-0.1, -0.05) is 34.6 Å². The third kappa shape index (κ3) is 8.89. The number of aromatic amines is 1. The molecule has 43 heavy (non-hydrogen) atoms. The van der Waals surface area contributed by atoms with Crippen molar-refractivity contribution in [3.05, 3.63) is 16.7 Å². The number of hydrogen-bond donors (Lipinski definition) is 5. The molecule has 1 unspecified atom stereocenters. The molecule has 1 amide bonds. The lowest BCUT2D eigenvalue weighted by Gasteiger charge is -2.41. The molecule has 3 heterocycles. The highest BCUT2D eigenvalue weighted by Gasteiger charge is 2.53. The third-order valence-electron chi connectivity index (χ3n) is 7.18. The van der Waals surface area contributed by atoms with Crippen LogP contribution in [0, 0.1) is 17.2 Å². The molecular weight excluding hydrogens is 624 g/mol. The van der Waals surface area contributed by atoms with Crippen LogP contribution in [0.4, 0.5) is 5.95 Å². The van der Waals surface area contributed by atoms with E-state index in [9.17, 15) is 28.5 Å². The minimum Gasteiger partial charge on any atom is -0.408 e. The summed E-state index contributed by atoms with van der Waals surface area (Å²) in [6.07, 6.45) is -2.11. The van der Waals surface area contributed by atoms with Crippen molar-refractivity contribution in [2.24, 2.45) is 5.92 Å². The molecule has 1 fully saturated rings. The van der Waals surface area contributed by atoms with Crippen molar-refractivity contribution in [3.63, 3.8) is 0 Å². The number of amides is 1. The van der Waals surface area contributed by atoms with E-state index in [0.29, 0.717) is 0 Å². The van der Waals surface area contributed by atoms with Crippen LogP contribution >= 0.6 is 16.0 Å². The number of imidazole rings is 1. The lowest BCUT2D eigenvalue weighted by molar-refractivity contribution is -0.118. The lowest BCUT2D eigenvalue weighted by Crippen LogP contribution is -2.52. The number of ether oxygens (including phenoxy) is 1. The van der Waals surface area contributed by atoms with Gasteiger partial charge < -0.3 is 28.0 Å². The van der Waals surface area contributed by atoms with E-state index in [2.05, 4.69) is 25.4 Å². The largest absolute Gasteiger partial charge is 0.408 e. The standard InChI is InChI=1S/C23H39N7O10P2Si/c1-13(2)19(31)27-22-26-18-16(20(32)28-22)25-12-30(18)21-17(40-43(6,7)23(3,4)5)15(29-42(34,35)36)14(39-21)11-38-41(33)37-10-8-9-24/h12-15,17,21,41H,8,10-11H2,1-7H3,(H3,29,34,35,36)(H2,26,27,28,31,32)/t14-,15-,17-,21-/m1/s1. The summed E-state index contributed by atoms with van der Waals surface area (Å²) in [7, 11) is -10.6. The Bertz CT molecular complexity index is 1480. The number of aromatic nitrogens is 4. The Morgan fingerprint density at radius 1 is 1.35 bits per heavy atom. The number of hydrogen-bond acceptors (Lipinski definition) is 11. The lowest BCUT2D eigenvalue weighted by atomic mass is 10.1. The number of carbonyl (C=O) groups excluding carboxylic acids is 1. The number of nitrogens with zero attached hydrogens (tertiary/aromatic N) is 4. The Hall–Kier alpha value is -2.29. The highest BCUT2D eigenvalue weighted by Crippen LogP contribution is 2.45. The van der Waals surface area contributed by atoms with Crippen molar-refractivity contribution in [1.82, 2.24) is 24.6 Å². The quantitative estimate of drug-likeness (QED) is 0.117. The van der Waals surface area contributed by atoms with Gasteiger partial charge in [0.2, 0.25) is 11.9 Å². The van der Waals surface area contributed by atoms with Gasteiger partial charge in [0.05, 0.1) is 38.1 Å². The van der Waals surface area contributed by atoms with Gasteiger partial charge in [-0.05, 0) is 18.1 Å². The molecule has 1 aliphatic heterocycles. The smallest absolute Gasteiger partial charge is 0.400 e. The second kappa shape index (κ2) is 13.8. The molecule has 3 rings (SSSR count). The second-order valence-electron chi connectivity index (χ2n) is 11.8. The molecule has 0 spiro atoms. The van der Waals surface area contributed by atoms with Crippen molar-refractivity contribution in [3.8, 4) is 6.07 Å². The topological polar surface area (TPSA) is 240 Å². The minimum absolute atomic E-state index is 0.00791. The number of rotatable bonds is 13. The first-order valence-corrected chi connectivity index (χ1v) is 19.2. The summed E-state index contributed by atoms with van der Waals surface area (Å²) in [5.41, 5.74) is -0.700. The van der Waals surface area contributed by atoms with Crippen LogP contribution in [0.15, 0.2) is 11.1 Å². The van der Waals surface area contributed by atoms with Gasteiger partial charge in [0.1, 0.15) is 12.2 Å². The molecule has 0 saturated carbocycles. The van der Waals surface area contributed by atoms with Crippen LogP contribution in [-0.4, -0.2) is 75.0 Å². The zero-order chi connectivity index (χ0) is 32.3. The highest BCUT2D eigenvalue weighted by atomic mass is 31.2. The molecule has 1 saturated heterocycles. The summed E-state index contributed by atoms with van der Waals surface area (Å²) in [4.78, 5) is 56.0. The molecule has 0 aromatic carbocycles. The van der Waals surface area contributed by atoms with Crippen LogP contribution in [0.25, 0.3) is 11.2 Å². The summed E-state index contributed by atoms with van der Waals surface area (Å²) in [6.45, 7) is 12.6. The SMILES string of the molecule is CC(C)C(=O)Nc1nc2c(ncn2[C@@H]2O[C@H](CO[PH](=O)OCCC#N)[C@@H](NP(=O)(O)O)[C@H]2O[Si](C)(C)C(C)(C)C)c(=O)[nH]1. The van der Waals surface area contributed by atoms with Gasteiger partial charge in [-0.25, -0.2) is 14.6 Å². The molecule has 1 aliphatic rings. The van der Waals surface area contributed by atoms with Crippen LogP contribution in [0.2, 0.25) is 18.1 Å². The normalized spacial score (nSPS) is 22.2. The number of fused-ring (bicyclic) bond motifs is 1. The van der Waals surface area contributed by atoms with E-state index in [0.717, 1.165) is 0 Å². The summed E-state index contributed by atoms with van der Waals surface area (Å²) >= 11 is 0. The molecule has 5 atom stereocenters.